The quantitative estimate of drug-likeness (QED) is 0.781. The Kier molecular flexibility index (Phi) is 4.62. The Bertz CT molecular complexity index is 621. The molecule has 0 atom stereocenters. The van der Waals surface area contributed by atoms with E-state index in [0.717, 1.165) is 42.4 Å². The Labute approximate surface area is 143 Å². The summed E-state index contributed by atoms with van der Waals surface area (Å²) in [5.41, 5.74) is 1.59. The van der Waals surface area contributed by atoms with Crippen LogP contribution in [0.3, 0.4) is 0 Å². The molecule has 0 saturated carbocycles. The van der Waals surface area contributed by atoms with Crippen molar-refractivity contribution in [3.05, 3.63) is 17.1 Å². The van der Waals surface area contributed by atoms with Crippen LogP contribution >= 0.6 is 0 Å². The van der Waals surface area contributed by atoms with Gasteiger partial charge in [0.1, 0.15) is 17.2 Å². The highest BCUT2D eigenvalue weighted by Crippen LogP contribution is 2.28. The van der Waals surface area contributed by atoms with E-state index in [9.17, 15) is 4.79 Å². The highest BCUT2D eigenvalue weighted by atomic mass is 16.6. The fourth-order valence-electron chi connectivity index (χ4n) is 3.04. The molecule has 7 nitrogen and oxygen atoms in total. The van der Waals surface area contributed by atoms with Gasteiger partial charge in [-0.05, 0) is 27.7 Å². The first-order valence-electron chi connectivity index (χ1n) is 8.50. The van der Waals surface area contributed by atoms with E-state index in [1.165, 1.54) is 0 Å². The average molecular weight is 334 g/mol. The number of fused-ring (bicyclic) bond motifs is 1. The van der Waals surface area contributed by atoms with Crippen molar-refractivity contribution in [1.29, 1.82) is 0 Å². The maximum Gasteiger partial charge on any atom is 0.410 e. The van der Waals surface area contributed by atoms with E-state index in [2.05, 4.69) is 14.9 Å². The monoisotopic (exact) mass is 334 g/mol. The van der Waals surface area contributed by atoms with Gasteiger partial charge in [-0.2, -0.15) is 0 Å². The normalized spacial score (nSPS) is 18.3. The molecule has 0 N–H and O–H groups in total. The summed E-state index contributed by atoms with van der Waals surface area (Å²) in [5.74, 6) is 1.72. The summed E-state index contributed by atoms with van der Waals surface area (Å²) < 4.78 is 11.0. The summed E-state index contributed by atoms with van der Waals surface area (Å²) in [4.78, 5) is 25.6. The summed E-state index contributed by atoms with van der Waals surface area (Å²) in [5, 5.41) is 0. The fraction of sp³-hybridized carbons (Fsp3) is 0.706. The minimum Gasteiger partial charge on any atom is -0.444 e. The number of morpholine rings is 1. The number of ether oxygens (including phenoxy) is 2. The number of rotatable bonds is 1. The topological polar surface area (TPSA) is 67.8 Å². The molecule has 1 saturated heterocycles. The van der Waals surface area contributed by atoms with Crippen LogP contribution in [0.4, 0.5) is 10.6 Å². The molecule has 0 radical (unpaired) electrons. The van der Waals surface area contributed by atoms with E-state index >= 15 is 0 Å². The lowest BCUT2D eigenvalue weighted by atomic mass is 10.1. The lowest BCUT2D eigenvalue weighted by Gasteiger charge is -2.35. The van der Waals surface area contributed by atoms with Crippen molar-refractivity contribution in [2.45, 2.75) is 46.3 Å². The van der Waals surface area contributed by atoms with Gasteiger partial charge in [0.05, 0.1) is 25.5 Å². The first-order chi connectivity index (χ1) is 11.3. The summed E-state index contributed by atoms with van der Waals surface area (Å²) in [6, 6.07) is 0. The molecule has 0 aromatic carbocycles. The molecule has 24 heavy (non-hydrogen) atoms. The van der Waals surface area contributed by atoms with Gasteiger partial charge in [-0.1, -0.05) is 0 Å². The Morgan fingerprint density at radius 1 is 1.17 bits per heavy atom. The van der Waals surface area contributed by atoms with Gasteiger partial charge in [0.15, 0.2) is 0 Å². The number of amides is 1. The molecular weight excluding hydrogens is 308 g/mol. The van der Waals surface area contributed by atoms with Crippen molar-refractivity contribution in [2.75, 3.05) is 37.7 Å². The third kappa shape index (κ3) is 3.77. The number of anilines is 1. The summed E-state index contributed by atoms with van der Waals surface area (Å²) in [7, 11) is 0. The van der Waals surface area contributed by atoms with E-state index < -0.39 is 5.60 Å². The van der Waals surface area contributed by atoms with Gasteiger partial charge in [0.2, 0.25) is 0 Å². The molecule has 0 spiro atoms. The zero-order valence-corrected chi connectivity index (χ0v) is 15.0. The van der Waals surface area contributed by atoms with Crippen molar-refractivity contribution in [3.63, 3.8) is 0 Å². The number of hydrogen-bond acceptors (Lipinski definition) is 6. The molecule has 0 unspecified atom stereocenters. The summed E-state index contributed by atoms with van der Waals surface area (Å²) >= 11 is 0. The van der Waals surface area contributed by atoms with Crippen LogP contribution in [0.25, 0.3) is 0 Å². The number of aryl methyl sites for hydroxylation is 1. The number of nitrogens with zero attached hydrogens (tertiary/aromatic N) is 4. The van der Waals surface area contributed by atoms with Gasteiger partial charge in [-0.25, -0.2) is 14.8 Å². The second-order valence-electron chi connectivity index (χ2n) is 7.27. The van der Waals surface area contributed by atoms with Crippen LogP contribution in [-0.2, 0) is 22.4 Å². The molecule has 1 amide bonds. The van der Waals surface area contributed by atoms with E-state index in [0.29, 0.717) is 26.3 Å². The summed E-state index contributed by atoms with van der Waals surface area (Å²) in [6.07, 6.45) is 0.455. The van der Waals surface area contributed by atoms with E-state index in [4.69, 9.17) is 9.47 Å². The Morgan fingerprint density at radius 2 is 1.88 bits per heavy atom. The molecule has 1 aromatic rings. The molecule has 0 bridgehead atoms. The molecular formula is C17H26N4O3. The third-order valence-electron chi connectivity index (χ3n) is 4.11. The second kappa shape index (κ2) is 6.55. The molecule has 3 rings (SSSR count). The highest BCUT2D eigenvalue weighted by Gasteiger charge is 2.30. The molecule has 0 aliphatic carbocycles. The van der Waals surface area contributed by atoms with Crippen molar-refractivity contribution < 1.29 is 14.3 Å². The van der Waals surface area contributed by atoms with E-state index in [1.807, 2.05) is 27.7 Å². The van der Waals surface area contributed by atoms with Crippen LogP contribution in [0.1, 0.15) is 37.9 Å². The van der Waals surface area contributed by atoms with Crippen molar-refractivity contribution >= 4 is 11.9 Å². The second-order valence-corrected chi connectivity index (χ2v) is 7.27. The minimum atomic E-state index is -0.492. The van der Waals surface area contributed by atoms with Crippen LogP contribution in [-0.4, -0.2) is 59.4 Å². The summed E-state index contributed by atoms with van der Waals surface area (Å²) in [6.45, 7) is 11.7. The number of carbonyl (C=O) groups excluding carboxylic acids is 1. The molecule has 132 valence electrons. The Hall–Kier alpha value is -1.89. The molecule has 1 aromatic heterocycles. The van der Waals surface area contributed by atoms with E-state index in [-0.39, 0.29) is 6.09 Å². The maximum atomic E-state index is 12.4. The molecule has 1 fully saturated rings. The number of hydrogen-bond donors (Lipinski definition) is 0. The predicted molar refractivity (Wildman–Crippen MR) is 90.1 cm³/mol. The molecule has 7 heteroatoms. The Balaban J connectivity index is 1.85. The zero-order valence-electron chi connectivity index (χ0n) is 15.0. The van der Waals surface area contributed by atoms with Crippen LogP contribution in [0, 0.1) is 6.92 Å². The minimum absolute atomic E-state index is 0.276. The van der Waals surface area contributed by atoms with E-state index in [1.54, 1.807) is 4.90 Å². The van der Waals surface area contributed by atoms with Gasteiger partial charge in [-0.15, -0.1) is 0 Å². The Morgan fingerprint density at radius 3 is 2.54 bits per heavy atom. The predicted octanol–water partition coefficient (Wildman–Crippen LogP) is 1.91. The van der Waals surface area contributed by atoms with Crippen LogP contribution in [0.15, 0.2) is 0 Å². The van der Waals surface area contributed by atoms with Gasteiger partial charge < -0.3 is 19.3 Å². The van der Waals surface area contributed by atoms with Gasteiger partial charge >= 0.3 is 6.09 Å². The zero-order chi connectivity index (χ0) is 17.3. The first kappa shape index (κ1) is 17.0. The SMILES string of the molecule is Cc1nc2c(c(N3CCOCC3)n1)CN(C(=O)OC(C)(C)C)CC2. The van der Waals surface area contributed by atoms with Crippen LogP contribution < -0.4 is 4.90 Å². The van der Waals surface area contributed by atoms with Crippen molar-refractivity contribution in [3.8, 4) is 0 Å². The fourth-order valence-corrected chi connectivity index (χ4v) is 3.04. The van der Waals surface area contributed by atoms with Crippen molar-refractivity contribution in [2.24, 2.45) is 0 Å². The largest absolute Gasteiger partial charge is 0.444 e. The van der Waals surface area contributed by atoms with Gasteiger partial charge in [0, 0.05) is 31.6 Å². The smallest absolute Gasteiger partial charge is 0.410 e. The molecule has 2 aliphatic heterocycles. The van der Waals surface area contributed by atoms with Crippen molar-refractivity contribution in [1.82, 2.24) is 14.9 Å². The number of aromatic nitrogens is 2. The highest BCUT2D eigenvalue weighted by molar-refractivity contribution is 5.69. The average Bonchev–Trinajstić information content (AvgIpc) is 2.53. The number of carbonyl (C=O) groups is 1. The van der Waals surface area contributed by atoms with Gasteiger partial charge in [-0.3, -0.25) is 0 Å². The third-order valence-corrected chi connectivity index (χ3v) is 4.11. The van der Waals surface area contributed by atoms with Gasteiger partial charge in [0.25, 0.3) is 0 Å². The lowest BCUT2D eigenvalue weighted by Crippen LogP contribution is -2.42. The first-order valence-corrected chi connectivity index (χ1v) is 8.50. The maximum absolute atomic E-state index is 12.4. The lowest BCUT2D eigenvalue weighted by molar-refractivity contribution is 0.0222. The standard InChI is InChI=1S/C17H26N4O3/c1-12-18-14-5-6-21(16(22)24-17(2,3)4)11-13(14)15(19-12)20-7-9-23-10-8-20/h5-11H2,1-4H3. The van der Waals surface area contributed by atoms with Crippen LogP contribution in [0.5, 0.6) is 0 Å². The molecule has 3 heterocycles. The molecule has 2 aliphatic rings. The van der Waals surface area contributed by atoms with Crippen LogP contribution in [0.2, 0.25) is 0 Å².